The number of rotatable bonds is 3. The summed E-state index contributed by atoms with van der Waals surface area (Å²) in [6, 6.07) is 9.89. The molecular formula is C15H11F2NOS. The van der Waals surface area contributed by atoms with Crippen molar-refractivity contribution in [3.8, 4) is 6.07 Å². The molecule has 0 saturated carbocycles. The molecule has 0 amide bonds. The number of halogens is 2. The van der Waals surface area contributed by atoms with E-state index in [9.17, 15) is 13.0 Å². The second-order valence-corrected chi connectivity index (χ2v) is 5.74. The first kappa shape index (κ1) is 14.4. The van der Waals surface area contributed by atoms with Gasteiger partial charge in [0.25, 0.3) is 0 Å². The van der Waals surface area contributed by atoms with Crippen LogP contribution in [0.15, 0.2) is 41.3 Å². The van der Waals surface area contributed by atoms with Crippen LogP contribution >= 0.6 is 0 Å². The molecule has 0 spiro atoms. The predicted octanol–water partition coefficient (Wildman–Crippen LogP) is 3.45. The van der Waals surface area contributed by atoms with Crippen LogP contribution in [0.25, 0.3) is 0 Å². The van der Waals surface area contributed by atoms with Crippen LogP contribution in [-0.4, -0.2) is 4.21 Å². The minimum absolute atomic E-state index is 0.0813. The quantitative estimate of drug-likeness (QED) is 0.869. The van der Waals surface area contributed by atoms with Gasteiger partial charge in [0.1, 0.15) is 11.6 Å². The van der Waals surface area contributed by atoms with E-state index in [0.717, 1.165) is 29.3 Å². The molecule has 2 nitrogen and oxygen atoms in total. The first-order chi connectivity index (χ1) is 9.51. The predicted molar refractivity (Wildman–Crippen MR) is 72.4 cm³/mol. The molecule has 102 valence electrons. The topological polar surface area (TPSA) is 40.9 Å². The Morgan fingerprint density at radius 2 is 1.95 bits per heavy atom. The Bertz CT molecular complexity index is 722. The van der Waals surface area contributed by atoms with Gasteiger partial charge in [-0.25, -0.2) is 8.78 Å². The maximum atomic E-state index is 13.5. The van der Waals surface area contributed by atoms with Gasteiger partial charge >= 0.3 is 0 Å². The van der Waals surface area contributed by atoms with Gasteiger partial charge in [-0.05, 0) is 48.4 Å². The lowest BCUT2D eigenvalue weighted by Crippen LogP contribution is -2.02. The molecule has 2 aromatic rings. The van der Waals surface area contributed by atoms with Crippen LogP contribution in [0.3, 0.4) is 0 Å². The maximum absolute atomic E-state index is 13.5. The van der Waals surface area contributed by atoms with Gasteiger partial charge in [0, 0.05) is 0 Å². The van der Waals surface area contributed by atoms with Crippen molar-refractivity contribution in [1.29, 1.82) is 5.26 Å². The van der Waals surface area contributed by atoms with Gasteiger partial charge in [-0.3, -0.25) is 4.21 Å². The van der Waals surface area contributed by atoms with Gasteiger partial charge in [0.15, 0.2) is 0 Å². The standard InChI is InChI=1S/C15H11F2NOS/c1-10-6-11(8-18)2-3-12(10)9-20(19)15-7-13(16)4-5-14(15)17/h2-7H,9H2,1H3. The molecule has 20 heavy (non-hydrogen) atoms. The van der Waals surface area contributed by atoms with E-state index >= 15 is 0 Å². The molecule has 0 aliphatic carbocycles. The summed E-state index contributed by atoms with van der Waals surface area (Å²) in [6.07, 6.45) is 0. The summed E-state index contributed by atoms with van der Waals surface area (Å²) < 4.78 is 38.8. The van der Waals surface area contributed by atoms with Crippen LogP contribution in [0.1, 0.15) is 16.7 Å². The first-order valence-corrected chi connectivity index (χ1v) is 7.16. The van der Waals surface area contributed by atoms with E-state index < -0.39 is 22.4 Å². The third kappa shape index (κ3) is 3.09. The highest BCUT2D eigenvalue weighted by Gasteiger charge is 2.13. The Morgan fingerprint density at radius 1 is 1.20 bits per heavy atom. The molecule has 0 aliphatic rings. The van der Waals surface area contributed by atoms with Crippen molar-refractivity contribution in [2.75, 3.05) is 0 Å². The monoisotopic (exact) mass is 291 g/mol. The zero-order chi connectivity index (χ0) is 14.7. The molecule has 0 bridgehead atoms. The van der Waals surface area contributed by atoms with Gasteiger partial charge in [-0.2, -0.15) is 5.26 Å². The summed E-state index contributed by atoms with van der Waals surface area (Å²) in [6.45, 7) is 1.79. The fraction of sp³-hybridized carbons (Fsp3) is 0.133. The van der Waals surface area contributed by atoms with Crippen LogP contribution in [0.2, 0.25) is 0 Å². The molecule has 0 fully saturated rings. The van der Waals surface area contributed by atoms with Gasteiger partial charge < -0.3 is 0 Å². The summed E-state index contributed by atoms with van der Waals surface area (Å²) in [5.41, 5.74) is 2.05. The summed E-state index contributed by atoms with van der Waals surface area (Å²) >= 11 is 0. The maximum Gasteiger partial charge on any atom is 0.139 e. The number of hydrogen-bond donors (Lipinski definition) is 0. The lowest BCUT2D eigenvalue weighted by molar-refractivity contribution is 0.572. The minimum Gasteiger partial charge on any atom is -0.254 e. The zero-order valence-corrected chi connectivity index (χ0v) is 11.5. The fourth-order valence-corrected chi connectivity index (χ4v) is 3.09. The molecule has 0 aromatic heterocycles. The lowest BCUT2D eigenvalue weighted by Gasteiger charge is -2.07. The number of nitrogens with zero attached hydrogens (tertiary/aromatic N) is 1. The van der Waals surface area contributed by atoms with Crippen molar-refractivity contribution < 1.29 is 13.0 Å². The Balaban J connectivity index is 2.28. The molecule has 2 aromatic carbocycles. The SMILES string of the molecule is Cc1cc(C#N)ccc1CS(=O)c1cc(F)ccc1F. The average molecular weight is 291 g/mol. The molecule has 1 atom stereocenters. The summed E-state index contributed by atoms with van der Waals surface area (Å²) in [7, 11) is -1.67. The highest BCUT2D eigenvalue weighted by atomic mass is 32.2. The van der Waals surface area contributed by atoms with E-state index in [1.165, 1.54) is 0 Å². The van der Waals surface area contributed by atoms with Gasteiger partial charge in [0.05, 0.1) is 33.1 Å². The van der Waals surface area contributed by atoms with Crippen molar-refractivity contribution in [1.82, 2.24) is 0 Å². The van der Waals surface area contributed by atoms with Crippen molar-refractivity contribution in [2.24, 2.45) is 0 Å². The van der Waals surface area contributed by atoms with E-state index in [4.69, 9.17) is 5.26 Å². The Labute approximate surface area is 118 Å². The smallest absolute Gasteiger partial charge is 0.139 e. The Hall–Kier alpha value is -2.06. The fourth-order valence-electron chi connectivity index (χ4n) is 1.80. The minimum atomic E-state index is -1.67. The summed E-state index contributed by atoms with van der Waals surface area (Å²) in [5.74, 6) is -1.22. The zero-order valence-electron chi connectivity index (χ0n) is 10.7. The van der Waals surface area contributed by atoms with Crippen molar-refractivity contribution >= 4 is 10.8 Å². The molecule has 1 unspecified atom stereocenters. The largest absolute Gasteiger partial charge is 0.254 e. The number of aryl methyl sites for hydroxylation is 1. The van der Waals surface area contributed by atoms with Crippen molar-refractivity contribution in [3.63, 3.8) is 0 Å². The number of benzene rings is 2. The third-order valence-corrected chi connectivity index (χ3v) is 4.27. The van der Waals surface area contributed by atoms with Crippen molar-refractivity contribution in [3.05, 3.63) is 64.7 Å². The molecule has 0 saturated heterocycles. The van der Waals surface area contributed by atoms with E-state index in [0.29, 0.717) is 5.56 Å². The molecule has 2 rings (SSSR count). The van der Waals surface area contributed by atoms with E-state index in [-0.39, 0.29) is 10.6 Å². The number of nitriles is 1. The average Bonchev–Trinajstić information content (AvgIpc) is 2.43. The first-order valence-electron chi connectivity index (χ1n) is 5.84. The van der Waals surface area contributed by atoms with Gasteiger partial charge in [0.2, 0.25) is 0 Å². The highest BCUT2D eigenvalue weighted by molar-refractivity contribution is 7.84. The second-order valence-electron chi connectivity index (χ2n) is 4.32. The molecule has 5 heteroatoms. The molecule has 0 N–H and O–H groups in total. The normalized spacial score (nSPS) is 11.9. The van der Waals surface area contributed by atoms with Crippen LogP contribution < -0.4 is 0 Å². The summed E-state index contributed by atoms with van der Waals surface area (Å²) in [5, 5.41) is 8.78. The molecule has 0 aliphatic heterocycles. The molecular weight excluding hydrogens is 280 g/mol. The Kier molecular flexibility index (Phi) is 4.26. The third-order valence-electron chi connectivity index (χ3n) is 2.90. The van der Waals surface area contributed by atoms with Crippen LogP contribution in [-0.2, 0) is 16.6 Å². The Morgan fingerprint density at radius 3 is 2.60 bits per heavy atom. The summed E-state index contributed by atoms with van der Waals surface area (Å²) in [4.78, 5) is -0.145. The van der Waals surface area contributed by atoms with E-state index in [2.05, 4.69) is 0 Å². The van der Waals surface area contributed by atoms with E-state index in [1.54, 1.807) is 25.1 Å². The van der Waals surface area contributed by atoms with Crippen molar-refractivity contribution in [2.45, 2.75) is 17.6 Å². The van der Waals surface area contributed by atoms with Gasteiger partial charge in [-0.1, -0.05) is 6.07 Å². The van der Waals surface area contributed by atoms with Crippen LogP contribution in [0.5, 0.6) is 0 Å². The molecule has 0 heterocycles. The van der Waals surface area contributed by atoms with Crippen LogP contribution in [0, 0.1) is 29.9 Å². The number of hydrogen-bond acceptors (Lipinski definition) is 2. The van der Waals surface area contributed by atoms with E-state index in [1.807, 2.05) is 6.07 Å². The van der Waals surface area contributed by atoms with Gasteiger partial charge in [-0.15, -0.1) is 0 Å². The second kappa shape index (κ2) is 5.93. The lowest BCUT2D eigenvalue weighted by atomic mass is 10.1. The van der Waals surface area contributed by atoms with Crippen LogP contribution in [0.4, 0.5) is 8.78 Å². The molecule has 0 radical (unpaired) electrons. The highest BCUT2D eigenvalue weighted by Crippen LogP contribution is 2.19.